The Morgan fingerprint density at radius 1 is 1.05 bits per heavy atom. The van der Waals surface area contributed by atoms with E-state index in [4.69, 9.17) is 4.74 Å². The van der Waals surface area contributed by atoms with E-state index in [9.17, 15) is 15.3 Å². The molecule has 2 rings (SSSR count). The van der Waals surface area contributed by atoms with Crippen molar-refractivity contribution in [3.63, 3.8) is 0 Å². The summed E-state index contributed by atoms with van der Waals surface area (Å²) in [6, 6.07) is 10.6. The molecule has 0 saturated carbocycles. The Bertz CT molecular complexity index is 628. The van der Waals surface area contributed by atoms with Crippen LogP contribution in [-0.4, -0.2) is 22.4 Å². The van der Waals surface area contributed by atoms with Gasteiger partial charge in [-0.2, -0.15) is 0 Å². The van der Waals surface area contributed by atoms with Crippen molar-refractivity contribution in [2.24, 2.45) is 0 Å². The minimum Gasteiger partial charge on any atom is -0.504 e. The van der Waals surface area contributed by atoms with Gasteiger partial charge in [-0.1, -0.05) is 24.3 Å². The van der Waals surface area contributed by atoms with Crippen LogP contribution in [-0.2, 0) is 6.54 Å². The molecule has 0 spiro atoms. The van der Waals surface area contributed by atoms with Crippen LogP contribution in [0.5, 0.6) is 23.0 Å². The predicted octanol–water partition coefficient (Wildman–Crippen LogP) is 2.66. The van der Waals surface area contributed by atoms with Gasteiger partial charge in [-0.05, 0) is 19.1 Å². The molecule has 0 unspecified atom stereocenters. The Balaban J connectivity index is 2.11. The maximum atomic E-state index is 9.79. The van der Waals surface area contributed by atoms with Gasteiger partial charge in [-0.3, -0.25) is 0 Å². The molecule has 5 nitrogen and oxygen atoms in total. The van der Waals surface area contributed by atoms with Gasteiger partial charge in [0, 0.05) is 23.7 Å². The highest BCUT2D eigenvalue weighted by atomic mass is 16.5. The number of hydrogen-bond acceptors (Lipinski definition) is 5. The summed E-state index contributed by atoms with van der Waals surface area (Å²) in [5, 5.41) is 31.8. The normalized spacial score (nSPS) is 12.1. The Labute approximate surface area is 123 Å². The molecule has 0 aliphatic heterocycles. The van der Waals surface area contributed by atoms with Crippen LogP contribution in [0.25, 0.3) is 0 Å². The molecule has 0 bridgehead atoms. The van der Waals surface area contributed by atoms with Gasteiger partial charge in [0.05, 0.1) is 7.11 Å². The van der Waals surface area contributed by atoms with E-state index in [0.29, 0.717) is 12.1 Å². The predicted molar refractivity (Wildman–Crippen MR) is 79.7 cm³/mol. The fourth-order valence-electron chi connectivity index (χ4n) is 2.15. The van der Waals surface area contributed by atoms with Crippen LogP contribution in [0.2, 0.25) is 0 Å². The zero-order valence-corrected chi connectivity index (χ0v) is 12.0. The summed E-state index contributed by atoms with van der Waals surface area (Å²) in [7, 11) is 1.62. The first-order valence-electron chi connectivity index (χ1n) is 6.63. The molecule has 0 fully saturated rings. The molecular weight excluding hydrogens is 270 g/mol. The van der Waals surface area contributed by atoms with Crippen LogP contribution in [0.1, 0.15) is 24.1 Å². The van der Waals surface area contributed by atoms with Crippen LogP contribution >= 0.6 is 0 Å². The highest BCUT2D eigenvalue weighted by Crippen LogP contribution is 2.37. The Morgan fingerprint density at radius 3 is 2.48 bits per heavy atom. The fourth-order valence-corrected chi connectivity index (χ4v) is 2.15. The van der Waals surface area contributed by atoms with Crippen LogP contribution in [0, 0.1) is 0 Å². The number of para-hydroxylation sites is 1. The van der Waals surface area contributed by atoms with E-state index < -0.39 is 5.75 Å². The molecule has 0 heterocycles. The number of phenolic OH excluding ortho intramolecular Hbond substituents is 3. The second-order valence-corrected chi connectivity index (χ2v) is 4.79. The van der Waals surface area contributed by atoms with Crippen LogP contribution in [0.3, 0.4) is 0 Å². The third-order valence-corrected chi connectivity index (χ3v) is 3.42. The lowest BCUT2D eigenvalue weighted by Gasteiger charge is -2.18. The summed E-state index contributed by atoms with van der Waals surface area (Å²) in [5.41, 5.74) is 1.51. The van der Waals surface area contributed by atoms with Crippen molar-refractivity contribution >= 4 is 0 Å². The minimum absolute atomic E-state index is 0.00324. The molecule has 0 aromatic heterocycles. The Kier molecular flexibility index (Phi) is 4.55. The smallest absolute Gasteiger partial charge is 0.200 e. The average molecular weight is 289 g/mol. The quantitative estimate of drug-likeness (QED) is 0.636. The third-order valence-electron chi connectivity index (χ3n) is 3.42. The van der Waals surface area contributed by atoms with E-state index in [1.165, 1.54) is 6.07 Å². The van der Waals surface area contributed by atoms with E-state index in [1.54, 1.807) is 13.2 Å². The molecule has 1 atom stereocenters. The topological polar surface area (TPSA) is 82.0 Å². The van der Waals surface area contributed by atoms with Gasteiger partial charge in [-0.15, -0.1) is 0 Å². The van der Waals surface area contributed by atoms with Crippen molar-refractivity contribution in [2.45, 2.75) is 19.5 Å². The maximum absolute atomic E-state index is 9.79. The van der Waals surface area contributed by atoms with Crippen LogP contribution in [0.4, 0.5) is 0 Å². The first-order valence-corrected chi connectivity index (χ1v) is 6.63. The largest absolute Gasteiger partial charge is 0.504 e. The fraction of sp³-hybridized carbons (Fsp3) is 0.250. The molecule has 2 aromatic carbocycles. The van der Waals surface area contributed by atoms with E-state index in [1.807, 2.05) is 31.2 Å². The SMILES string of the molecule is COc1ccccc1[C@@H](C)NCc1ccc(O)c(O)c1O. The van der Waals surface area contributed by atoms with Gasteiger partial charge in [0.15, 0.2) is 11.5 Å². The second-order valence-electron chi connectivity index (χ2n) is 4.79. The molecule has 2 aromatic rings. The molecule has 5 heteroatoms. The van der Waals surface area contributed by atoms with Gasteiger partial charge >= 0.3 is 0 Å². The van der Waals surface area contributed by atoms with Crippen LogP contribution in [0.15, 0.2) is 36.4 Å². The molecule has 0 saturated heterocycles. The summed E-state index contributed by atoms with van der Waals surface area (Å²) in [6.45, 7) is 2.33. The minimum atomic E-state index is -0.501. The van der Waals surface area contributed by atoms with E-state index in [2.05, 4.69) is 5.32 Å². The van der Waals surface area contributed by atoms with Crippen molar-refractivity contribution in [2.75, 3.05) is 7.11 Å². The lowest BCUT2D eigenvalue weighted by Crippen LogP contribution is -2.18. The summed E-state index contributed by atoms with van der Waals surface area (Å²) in [4.78, 5) is 0. The van der Waals surface area contributed by atoms with Gasteiger partial charge in [0.25, 0.3) is 0 Å². The van der Waals surface area contributed by atoms with Crippen molar-refractivity contribution in [3.8, 4) is 23.0 Å². The number of aromatic hydroxyl groups is 3. The first-order chi connectivity index (χ1) is 10.0. The van der Waals surface area contributed by atoms with E-state index in [-0.39, 0.29) is 17.5 Å². The first kappa shape index (κ1) is 15.0. The number of benzene rings is 2. The summed E-state index contributed by atoms with van der Waals surface area (Å²) in [6.07, 6.45) is 0. The number of methoxy groups -OCH3 is 1. The van der Waals surface area contributed by atoms with Gasteiger partial charge in [0.1, 0.15) is 5.75 Å². The molecule has 0 radical (unpaired) electrons. The zero-order chi connectivity index (χ0) is 15.4. The monoisotopic (exact) mass is 289 g/mol. The summed E-state index contributed by atoms with van der Waals surface area (Å²) in [5.74, 6) is -0.363. The summed E-state index contributed by atoms with van der Waals surface area (Å²) < 4.78 is 5.31. The molecule has 0 amide bonds. The van der Waals surface area contributed by atoms with Gasteiger partial charge in [-0.25, -0.2) is 0 Å². The standard InChI is InChI=1S/C16H19NO4/c1-10(12-5-3-4-6-14(12)21-2)17-9-11-7-8-13(18)16(20)15(11)19/h3-8,10,17-20H,9H2,1-2H3/t10-/m1/s1. The van der Waals surface area contributed by atoms with Crippen molar-refractivity contribution in [1.29, 1.82) is 0 Å². The number of hydrogen-bond donors (Lipinski definition) is 4. The number of ether oxygens (including phenoxy) is 1. The molecule has 0 aliphatic rings. The third kappa shape index (κ3) is 3.20. The number of rotatable bonds is 5. The molecule has 21 heavy (non-hydrogen) atoms. The Hall–Kier alpha value is -2.40. The van der Waals surface area contributed by atoms with E-state index >= 15 is 0 Å². The lowest BCUT2D eigenvalue weighted by molar-refractivity contribution is 0.363. The van der Waals surface area contributed by atoms with Crippen molar-refractivity contribution in [1.82, 2.24) is 5.32 Å². The zero-order valence-electron chi connectivity index (χ0n) is 12.0. The average Bonchev–Trinajstić information content (AvgIpc) is 2.51. The van der Waals surface area contributed by atoms with Gasteiger partial charge < -0.3 is 25.4 Å². The van der Waals surface area contributed by atoms with Gasteiger partial charge in [0.2, 0.25) is 5.75 Å². The lowest BCUT2D eigenvalue weighted by atomic mass is 10.1. The number of nitrogens with one attached hydrogen (secondary N) is 1. The molecule has 0 aliphatic carbocycles. The maximum Gasteiger partial charge on any atom is 0.200 e. The Morgan fingerprint density at radius 2 is 1.76 bits per heavy atom. The van der Waals surface area contributed by atoms with Crippen molar-refractivity contribution in [3.05, 3.63) is 47.5 Å². The summed E-state index contributed by atoms with van der Waals surface area (Å²) >= 11 is 0. The highest BCUT2D eigenvalue weighted by Gasteiger charge is 2.14. The van der Waals surface area contributed by atoms with E-state index in [0.717, 1.165) is 11.3 Å². The highest BCUT2D eigenvalue weighted by molar-refractivity contribution is 5.53. The molecule has 4 N–H and O–H groups in total. The molecular formula is C16H19NO4. The number of phenols is 3. The van der Waals surface area contributed by atoms with Crippen molar-refractivity contribution < 1.29 is 20.1 Å². The van der Waals surface area contributed by atoms with Crippen LogP contribution < -0.4 is 10.1 Å². The molecule has 112 valence electrons. The second kappa shape index (κ2) is 6.37.